The number of anilines is 1. The minimum absolute atomic E-state index is 0.108. The van der Waals surface area contributed by atoms with Crippen LogP contribution in [0, 0.1) is 17.8 Å². The van der Waals surface area contributed by atoms with Crippen LogP contribution in [0.4, 0.5) is 5.95 Å². The number of hydrogen-bond donors (Lipinski definition) is 3. The summed E-state index contributed by atoms with van der Waals surface area (Å²) < 4.78 is 11.1. The molecular formula is C22H30N4O4. The van der Waals surface area contributed by atoms with Crippen molar-refractivity contribution in [1.29, 1.82) is 0 Å². The maximum absolute atomic E-state index is 13.3. The lowest BCUT2D eigenvalue weighted by molar-refractivity contribution is -0.136. The summed E-state index contributed by atoms with van der Waals surface area (Å²) >= 11 is 0. The Morgan fingerprint density at radius 3 is 2.63 bits per heavy atom. The van der Waals surface area contributed by atoms with Crippen LogP contribution in [0.15, 0.2) is 6.20 Å². The summed E-state index contributed by atoms with van der Waals surface area (Å²) in [5, 5.41) is 17.4. The first-order valence-corrected chi connectivity index (χ1v) is 11.4. The number of aromatic nitrogens is 2. The molecule has 6 aliphatic rings. The molecular weight excluding hydrogens is 384 g/mol. The third-order valence-corrected chi connectivity index (χ3v) is 7.81. The zero-order valence-electron chi connectivity index (χ0n) is 17.2. The molecule has 162 valence electrons. The molecule has 8 nitrogen and oxygen atoms in total. The predicted octanol–water partition coefficient (Wildman–Crippen LogP) is 1.81. The Hall–Kier alpha value is -1.77. The number of ether oxygens (including phenoxy) is 2. The van der Waals surface area contributed by atoms with Gasteiger partial charge < -0.3 is 25.2 Å². The van der Waals surface area contributed by atoms with Crippen LogP contribution in [-0.4, -0.2) is 58.5 Å². The predicted molar refractivity (Wildman–Crippen MR) is 108 cm³/mol. The summed E-state index contributed by atoms with van der Waals surface area (Å²) in [5.74, 6) is 1.78. The van der Waals surface area contributed by atoms with E-state index in [-0.39, 0.29) is 24.1 Å². The summed E-state index contributed by atoms with van der Waals surface area (Å²) in [6.07, 6.45) is 8.12. The van der Waals surface area contributed by atoms with Crippen molar-refractivity contribution in [2.75, 3.05) is 25.1 Å². The van der Waals surface area contributed by atoms with Gasteiger partial charge in [0.05, 0.1) is 36.1 Å². The molecule has 0 radical (unpaired) electrons. The molecule has 8 heteroatoms. The van der Waals surface area contributed by atoms with Crippen molar-refractivity contribution in [3.63, 3.8) is 0 Å². The molecule has 30 heavy (non-hydrogen) atoms. The van der Waals surface area contributed by atoms with Crippen LogP contribution in [0.5, 0.6) is 0 Å². The van der Waals surface area contributed by atoms with E-state index in [1.807, 2.05) is 0 Å². The quantitative estimate of drug-likeness (QED) is 0.675. The standard InChI is InChI=1S/C22H30N4O4/c27-20(25-18-13-4-12-5-14(18)8-22(28,6-12)7-13)16-9-23-21(24-15-10-29-11-15)26-19(16)17-2-1-3-30-17/h9,12-15,17-18,28H,1-8,10-11H2,(H,25,27)(H,23,24,26). The van der Waals surface area contributed by atoms with Crippen LogP contribution in [-0.2, 0) is 9.47 Å². The van der Waals surface area contributed by atoms with Crippen LogP contribution >= 0.6 is 0 Å². The second kappa shape index (κ2) is 7.14. The fourth-order valence-electron chi connectivity index (χ4n) is 6.63. The fourth-order valence-corrected chi connectivity index (χ4v) is 6.63. The van der Waals surface area contributed by atoms with Crippen molar-refractivity contribution < 1.29 is 19.4 Å². The highest BCUT2D eigenvalue weighted by Gasteiger charge is 2.55. The van der Waals surface area contributed by atoms with Crippen LogP contribution < -0.4 is 10.6 Å². The lowest BCUT2D eigenvalue weighted by atomic mass is 9.52. The number of amides is 1. The smallest absolute Gasteiger partial charge is 0.255 e. The molecule has 0 spiro atoms. The first-order chi connectivity index (χ1) is 14.6. The maximum atomic E-state index is 13.3. The van der Waals surface area contributed by atoms with E-state index < -0.39 is 5.60 Å². The first-order valence-electron chi connectivity index (χ1n) is 11.4. The van der Waals surface area contributed by atoms with Crippen molar-refractivity contribution in [2.24, 2.45) is 17.8 Å². The summed E-state index contributed by atoms with van der Waals surface area (Å²) in [5.41, 5.74) is 0.706. The van der Waals surface area contributed by atoms with Crippen LogP contribution in [0.3, 0.4) is 0 Å². The monoisotopic (exact) mass is 414 g/mol. The largest absolute Gasteiger partial charge is 0.390 e. The van der Waals surface area contributed by atoms with Gasteiger partial charge in [-0.05, 0) is 62.7 Å². The average Bonchev–Trinajstić information content (AvgIpc) is 3.21. The molecule has 3 atom stereocenters. The third-order valence-electron chi connectivity index (χ3n) is 7.81. The van der Waals surface area contributed by atoms with Gasteiger partial charge in [0.25, 0.3) is 5.91 Å². The molecule has 0 aromatic carbocycles. The van der Waals surface area contributed by atoms with Crippen LogP contribution in [0.2, 0.25) is 0 Å². The Kier molecular flexibility index (Phi) is 4.51. The molecule has 2 aliphatic heterocycles. The van der Waals surface area contributed by atoms with E-state index in [1.54, 1.807) is 6.20 Å². The molecule has 6 fully saturated rings. The van der Waals surface area contributed by atoms with Gasteiger partial charge in [-0.25, -0.2) is 9.97 Å². The van der Waals surface area contributed by atoms with E-state index in [0.29, 0.717) is 54.8 Å². The molecule has 3 unspecified atom stereocenters. The summed E-state index contributed by atoms with van der Waals surface area (Å²) in [4.78, 5) is 22.4. The Balaban J connectivity index is 1.23. The van der Waals surface area contributed by atoms with Gasteiger partial charge in [-0.1, -0.05) is 0 Å². The number of carbonyl (C=O) groups is 1. The number of nitrogens with zero attached hydrogens (tertiary/aromatic N) is 2. The molecule has 4 bridgehead atoms. The van der Waals surface area contributed by atoms with Gasteiger partial charge in [-0.3, -0.25) is 4.79 Å². The maximum Gasteiger partial charge on any atom is 0.255 e. The highest BCUT2D eigenvalue weighted by Crippen LogP contribution is 2.55. The van der Waals surface area contributed by atoms with Gasteiger partial charge in [0.2, 0.25) is 5.95 Å². The van der Waals surface area contributed by atoms with Crippen LogP contribution in [0.1, 0.15) is 67.1 Å². The number of aliphatic hydroxyl groups is 1. The molecule has 3 heterocycles. The fraction of sp³-hybridized carbons (Fsp3) is 0.773. The Bertz CT molecular complexity index is 822. The topological polar surface area (TPSA) is 106 Å². The number of carbonyl (C=O) groups excluding carboxylic acids is 1. The van der Waals surface area contributed by atoms with Crippen LogP contribution in [0.25, 0.3) is 0 Å². The first kappa shape index (κ1) is 19.0. The van der Waals surface area contributed by atoms with Crippen molar-refractivity contribution >= 4 is 11.9 Å². The molecule has 7 rings (SSSR count). The van der Waals surface area contributed by atoms with E-state index in [1.165, 1.54) is 0 Å². The number of rotatable bonds is 5. The van der Waals surface area contributed by atoms with E-state index in [2.05, 4.69) is 20.6 Å². The molecule has 1 aromatic heterocycles. The van der Waals surface area contributed by atoms with Crippen molar-refractivity contribution in [2.45, 2.75) is 68.7 Å². The second-order valence-electron chi connectivity index (χ2n) is 10.1. The number of nitrogens with one attached hydrogen (secondary N) is 2. The average molecular weight is 415 g/mol. The minimum atomic E-state index is -0.498. The lowest BCUT2D eigenvalue weighted by Crippen LogP contribution is -2.61. The van der Waals surface area contributed by atoms with Crippen molar-refractivity contribution in [3.8, 4) is 0 Å². The SMILES string of the molecule is O=C(NC1C2CC3CC1CC(O)(C3)C2)c1cnc(NC2COC2)nc1C1CCCO1. The van der Waals surface area contributed by atoms with E-state index in [0.717, 1.165) is 44.9 Å². The van der Waals surface area contributed by atoms with Crippen molar-refractivity contribution in [3.05, 3.63) is 17.5 Å². The molecule has 1 aromatic rings. The van der Waals surface area contributed by atoms with Gasteiger partial charge in [-0.2, -0.15) is 0 Å². The Labute approximate surface area is 176 Å². The van der Waals surface area contributed by atoms with Gasteiger partial charge in [0, 0.05) is 18.8 Å². The molecule has 3 N–H and O–H groups in total. The summed E-state index contributed by atoms with van der Waals surface area (Å²) in [7, 11) is 0. The highest BCUT2D eigenvalue weighted by molar-refractivity contribution is 5.95. The van der Waals surface area contributed by atoms with Gasteiger partial charge in [-0.15, -0.1) is 0 Å². The highest BCUT2D eigenvalue weighted by atomic mass is 16.5. The third kappa shape index (κ3) is 3.29. The Morgan fingerprint density at radius 2 is 2.00 bits per heavy atom. The normalized spacial score (nSPS) is 39.7. The van der Waals surface area contributed by atoms with Crippen molar-refractivity contribution in [1.82, 2.24) is 15.3 Å². The minimum Gasteiger partial charge on any atom is -0.390 e. The Morgan fingerprint density at radius 1 is 1.20 bits per heavy atom. The molecule has 4 aliphatic carbocycles. The van der Waals surface area contributed by atoms with E-state index >= 15 is 0 Å². The van der Waals surface area contributed by atoms with Gasteiger partial charge >= 0.3 is 0 Å². The lowest BCUT2D eigenvalue weighted by Gasteiger charge is -2.58. The summed E-state index contributed by atoms with van der Waals surface area (Å²) in [6, 6.07) is 0.359. The van der Waals surface area contributed by atoms with Gasteiger partial charge in [0.1, 0.15) is 6.10 Å². The van der Waals surface area contributed by atoms with Gasteiger partial charge in [0.15, 0.2) is 0 Å². The zero-order chi connectivity index (χ0) is 20.3. The molecule has 4 saturated carbocycles. The number of hydrogen-bond acceptors (Lipinski definition) is 7. The van der Waals surface area contributed by atoms with E-state index in [4.69, 9.17) is 9.47 Å². The molecule has 2 saturated heterocycles. The van der Waals surface area contributed by atoms with E-state index in [9.17, 15) is 9.90 Å². The zero-order valence-corrected chi connectivity index (χ0v) is 17.2. The molecule has 1 amide bonds. The summed E-state index contributed by atoms with van der Waals surface area (Å²) in [6.45, 7) is 2.00. The second-order valence-corrected chi connectivity index (χ2v) is 10.1.